The Labute approximate surface area is 124 Å². The van der Waals surface area contributed by atoms with Gasteiger partial charge in [0.2, 0.25) is 0 Å². The third kappa shape index (κ3) is 3.82. The number of amides is 1. The SMILES string of the molecule is Cc1ccc(Br)cc1C(=O)NC1CCC(C)(C)CC1. The summed E-state index contributed by atoms with van der Waals surface area (Å²) >= 11 is 3.42. The normalized spacial score (nSPS) is 19.2. The van der Waals surface area contributed by atoms with Crippen LogP contribution in [0.1, 0.15) is 55.5 Å². The molecule has 1 aliphatic rings. The van der Waals surface area contributed by atoms with E-state index in [1.165, 1.54) is 12.8 Å². The molecule has 1 fully saturated rings. The maximum atomic E-state index is 12.3. The van der Waals surface area contributed by atoms with E-state index >= 15 is 0 Å². The number of carbonyl (C=O) groups excluding carboxylic acids is 1. The van der Waals surface area contributed by atoms with Crippen LogP contribution >= 0.6 is 15.9 Å². The van der Waals surface area contributed by atoms with Gasteiger partial charge in [0.25, 0.3) is 5.91 Å². The summed E-state index contributed by atoms with van der Waals surface area (Å²) < 4.78 is 0.952. The molecule has 1 amide bonds. The second kappa shape index (κ2) is 5.66. The zero-order valence-corrected chi connectivity index (χ0v) is 13.5. The monoisotopic (exact) mass is 323 g/mol. The van der Waals surface area contributed by atoms with Crippen molar-refractivity contribution in [3.8, 4) is 0 Å². The van der Waals surface area contributed by atoms with Gasteiger partial charge < -0.3 is 5.32 Å². The molecule has 0 spiro atoms. The van der Waals surface area contributed by atoms with Crippen molar-refractivity contribution < 1.29 is 4.79 Å². The predicted octanol–water partition coefficient (Wildman–Crippen LogP) is 4.46. The van der Waals surface area contributed by atoms with E-state index < -0.39 is 0 Å². The summed E-state index contributed by atoms with van der Waals surface area (Å²) in [6, 6.07) is 6.18. The van der Waals surface area contributed by atoms with Gasteiger partial charge in [-0.2, -0.15) is 0 Å². The maximum absolute atomic E-state index is 12.3. The zero-order valence-electron chi connectivity index (χ0n) is 11.9. The number of carbonyl (C=O) groups is 1. The summed E-state index contributed by atoms with van der Waals surface area (Å²) in [5.74, 6) is 0.0588. The molecule has 1 N–H and O–H groups in total. The Morgan fingerprint density at radius 1 is 1.32 bits per heavy atom. The minimum atomic E-state index is 0.0588. The molecule has 3 heteroatoms. The third-order valence-electron chi connectivity index (χ3n) is 4.12. The van der Waals surface area contributed by atoms with E-state index in [4.69, 9.17) is 0 Å². The number of hydrogen-bond donors (Lipinski definition) is 1. The first-order valence-electron chi connectivity index (χ1n) is 6.94. The third-order valence-corrected chi connectivity index (χ3v) is 4.61. The highest BCUT2D eigenvalue weighted by molar-refractivity contribution is 9.10. The lowest BCUT2D eigenvalue weighted by Gasteiger charge is -2.34. The molecular formula is C16H22BrNO. The van der Waals surface area contributed by atoms with Gasteiger partial charge in [-0.1, -0.05) is 35.8 Å². The van der Waals surface area contributed by atoms with Crippen molar-refractivity contribution in [2.24, 2.45) is 5.41 Å². The van der Waals surface area contributed by atoms with Gasteiger partial charge in [-0.05, 0) is 55.7 Å². The molecule has 0 aromatic heterocycles. The smallest absolute Gasteiger partial charge is 0.251 e. The van der Waals surface area contributed by atoms with E-state index in [-0.39, 0.29) is 5.91 Å². The molecule has 0 heterocycles. The van der Waals surface area contributed by atoms with Crippen LogP contribution in [0.25, 0.3) is 0 Å². The average molecular weight is 324 g/mol. The van der Waals surface area contributed by atoms with Gasteiger partial charge in [-0.3, -0.25) is 4.79 Å². The Bertz CT molecular complexity index is 472. The van der Waals surface area contributed by atoms with Crippen molar-refractivity contribution >= 4 is 21.8 Å². The van der Waals surface area contributed by atoms with Crippen LogP contribution in [0.5, 0.6) is 0 Å². The summed E-state index contributed by atoms with van der Waals surface area (Å²) in [5, 5.41) is 3.18. The van der Waals surface area contributed by atoms with Gasteiger partial charge in [0.05, 0.1) is 0 Å². The minimum Gasteiger partial charge on any atom is -0.349 e. The van der Waals surface area contributed by atoms with Crippen LogP contribution in [0.3, 0.4) is 0 Å². The lowest BCUT2D eigenvalue weighted by Crippen LogP contribution is -2.39. The molecule has 1 aromatic rings. The van der Waals surface area contributed by atoms with Crippen molar-refractivity contribution in [1.82, 2.24) is 5.32 Å². The highest BCUT2D eigenvalue weighted by Gasteiger charge is 2.27. The summed E-state index contributed by atoms with van der Waals surface area (Å²) in [5.41, 5.74) is 2.24. The molecule has 0 saturated heterocycles. The van der Waals surface area contributed by atoms with E-state index in [1.54, 1.807) is 0 Å². The standard InChI is InChI=1S/C16H22BrNO/c1-11-4-5-12(17)10-14(11)15(19)18-13-6-8-16(2,3)9-7-13/h4-5,10,13H,6-9H2,1-3H3,(H,18,19). The summed E-state index contributed by atoms with van der Waals surface area (Å²) in [6.45, 7) is 6.60. The summed E-state index contributed by atoms with van der Waals surface area (Å²) in [7, 11) is 0. The molecule has 0 radical (unpaired) electrons. The zero-order chi connectivity index (χ0) is 14.0. The van der Waals surface area contributed by atoms with E-state index in [0.717, 1.165) is 28.4 Å². The number of aryl methyl sites for hydroxylation is 1. The van der Waals surface area contributed by atoms with Crippen molar-refractivity contribution in [2.45, 2.75) is 52.5 Å². The fourth-order valence-electron chi connectivity index (χ4n) is 2.65. The topological polar surface area (TPSA) is 29.1 Å². The van der Waals surface area contributed by atoms with Crippen molar-refractivity contribution in [3.05, 3.63) is 33.8 Å². The minimum absolute atomic E-state index is 0.0588. The Morgan fingerprint density at radius 3 is 2.58 bits per heavy atom. The van der Waals surface area contributed by atoms with Gasteiger partial charge in [0.1, 0.15) is 0 Å². The van der Waals surface area contributed by atoms with Crippen LogP contribution in [0.2, 0.25) is 0 Å². The molecule has 0 atom stereocenters. The van der Waals surface area contributed by atoms with E-state index in [9.17, 15) is 4.79 Å². The van der Waals surface area contributed by atoms with Gasteiger partial charge in [-0.15, -0.1) is 0 Å². The summed E-state index contributed by atoms with van der Waals surface area (Å²) in [6.07, 6.45) is 4.56. The molecule has 2 rings (SSSR count). The van der Waals surface area contributed by atoms with E-state index in [2.05, 4.69) is 35.1 Å². The summed E-state index contributed by atoms with van der Waals surface area (Å²) in [4.78, 5) is 12.3. The molecule has 104 valence electrons. The van der Waals surface area contributed by atoms with E-state index in [0.29, 0.717) is 11.5 Å². The predicted molar refractivity (Wildman–Crippen MR) is 82.4 cm³/mol. The van der Waals surface area contributed by atoms with Crippen LogP contribution < -0.4 is 5.32 Å². The molecule has 0 aliphatic heterocycles. The second-order valence-corrected chi connectivity index (χ2v) is 7.29. The second-order valence-electron chi connectivity index (χ2n) is 6.37. The van der Waals surface area contributed by atoms with Crippen LogP contribution in [-0.2, 0) is 0 Å². The Morgan fingerprint density at radius 2 is 1.95 bits per heavy atom. The quantitative estimate of drug-likeness (QED) is 0.855. The number of nitrogens with one attached hydrogen (secondary N) is 1. The van der Waals surface area contributed by atoms with Crippen LogP contribution in [0, 0.1) is 12.3 Å². The van der Waals surface area contributed by atoms with Crippen molar-refractivity contribution in [1.29, 1.82) is 0 Å². The van der Waals surface area contributed by atoms with Gasteiger partial charge in [-0.25, -0.2) is 0 Å². The molecule has 1 saturated carbocycles. The maximum Gasteiger partial charge on any atom is 0.251 e. The Balaban J connectivity index is 2.00. The average Bonchev–Trinajstić information content (AvgIpc) is 2.35. The van der Waals surface area contributed by atoms with E-state index in [1.807, 2.05) is 25.1 Å². The first-order chi connectivity index (χ1) is 8.87. The fourth-order valence-corrected chi connectivity index (χ4v) is 3.01. The first kappa shape index (κ1) is 14.6. The van der Waals surface area contributed by atoms with Gasteiger partial charge >= 0.3 is 0 Å². The Hall–Kier alpha value is -0.830. The number of rotatable bonds is 2. The van der Waals surface area contributed by atoms with Gasteiger partial charge in [0.15, 0.2) is 0 Å². The lowest BCUT2D eigenvalue weighted by molar-refractivity contribution is 0.0908. The van der Waals surface area contributed by atoms with Crippen LogP contribution in [-0.4, -0.2) is 11.9 Å². The lowest BCUT2D eigenvalue weighted by atomic mass is 9.75. The number of halogens is 1. The molecule has 0 bridgehead atoms. The molecule has 2 nitrogen and oxygen atoms in total. The highest BCUT2D eigenvalue weighted by Crippen LogP contribution is 2.35. The van der Waals surface area contributed by atoms with Crippen LogP contribution in [0.15, 0.2) is 22.7 Å². The molecular weight excluding hydrogens is 302 g/mol. The van der Waals surface area contributed by atoms with Gasteiger partial charge in [0, 0.05) is 16.1 Å². The Kier molecular flexibility index (Phi) is 4.34. The fraction of sp³-hybridized carbons (Fsp3) is 0.562. The first-order valence-corrected chi connectivity index (χ1v) is 7.74. The van der Waals surface area contributed by atoms with Crippen molar-refractivity contribution in [3.63, 3.8) is 0 Å². The molecule has 1 aromatic carbocycles. The largest absolute Gasteiger partial charge is 0.349 e. The van der Waals surface area contributed by atoms with Crippen molar-refractivity contribution in [2.75, 3.05) is 0 Å². The molecule has 0 unspecified atom stereocenters. The number of hydrogen-bond acceptors (Lipinski definition) is 1. The highest BCUT2D eigenvalue weighted by atomic mass is 79.9. The number of benzene rings is 1. The molecule has 1 aliphatic carbocycles. The molecule has 19 heavy (non-hydrogen) atoms. The van der Waals surface area contributed by atoms with Crippen LogP contribution in [0.4, 0.5) is 0 Å².